The monoisotopic (exact) mass is 319 g/mol. The number of nitrogens with zero attached hydrogens (tertiary/aromatic N) is 5. The molecule has 5 nitrogen and oxygen atoms in total. The molecule has 2 aromatic rings. The van der Waals surface area contributed by atoms with Crippen molar-refractivity contribution in [2.24, 2.45) is 7.05 Å². The third kappa shape index (κ3) is 2.03. The second kappa shape index (κ2) is 3.82. The van der Waals surface area contributed by atoms with Crippen LogP contribution >= 0.6 is 31.9 Å². The molecule has 14 heavy (non-hydrogen) atoms. The molecular formula is C7H7Br2N5. The molecule has 0 aliphatic rings. The number of aryl methyl sites for hydroxylation is 1. The topological polar surface area (TPSA) is 48.5 Å². The Bertz CT molecular complexity index is 447. The van der Waals surface area contributed by atoms with Crippen molar-refractivity contribution in [1.82, 2.24) is 24.8 Å². The Hall–Kier alpha value is -0.690. The standard InChI is InChI=1S/C7H7Br2N5/c1-13-3-5(10-12-13)4-14-7(9)2-6(8)11-14/h2-3H,4H2,1H3. The summed E-state index contributed by atoms with van der Waals surface area (Å²) in [4.78, 5) is 0. The third-order valence-corrected chi connectivity index (χ3v) is 2.69. The van der Waals surface area contributed by atoms with Gasteiger partial charge in [0.15, 0.2) is 0 Å². The summed E-state index contributed by atoms with van der Waals surface area (Å²) in [5.74, 6) is 0. The highest BCUT2D eigenvalue weighted by molar-refractivity contribution is 9.11. The van der Waals surface area contributed by atoms with E-state index < -0.39 is 0 Å². The van der Waals surface area contributed by atoms with Crippen LogP contribution in [0.4, 0.5) is 0 Å². The highest BCUT2D eigenvalue weighted by Gasteiger charge is 2.05. The molecule has 0 saturated heterocycles. The highest BCUT2D eigenvalue weighted by atomic mass is 79.9. The number of halogens is 2. The fourth-order valence-corrected chi connectivity index (χ4v) is 2.23. The van der Waals surface area contributed by atoms with Crippen molar-refractivity contribution >= 4 is 31.9 Å². The van der Waals surface area contributed by atoms with E-state index in [1.807, 2.05) is 19.3 Å². The molecule has 0 atom stereocenters. The Morgan fingerprint density at radius 3 is 2.71 bits per heavy atom. The highest BCUT2D eigenvalue weighted by Crippen LogP contribution is 2.16. The minimum Gasteiger partial charge on any atom is -0.255 e. The molecular weight excluding hydrogens is 314 g/mol. The molecule has 0 aliphatic carbocycles. The maximum Gasteiger partial charge on any atom is 0.129 e. The van der Waals surface area contributed by atoms with Crippen LogP contribution in [0.2, 0.25) is 0 Å². The summed E-state index contributed by atoms with van der Waals surface area (Å²) in [5, 5.41) is 12.0. The van der Waals surface area contributed by atoms with E-state index >= 15 is 0 Å². The van der Waals surface area contributed by atoms with Gasteiger partial charge in [-0.25, -0.2) is 0 Å². The number of aromatic nitrogens is 5. The lowest BCUT2D eigenvalue weighted by atomic mass is 10.5. The van der Waals surface area contributed by atoms with E-state index in [-0.39, 0.29) is 0 Å². The lowest BCUT2D eigenvalue weighted by Gasteiger charge is -1.97. The smallest absolute Gasteiger partial charge is 0.129 e. The second-order valence-electron chi connectivity index (χ2n) is 2.83. The van der Waals surface area contributed by atoms with Gasteiger partial charge in [0.25, 0.3) is 0 Å². The van der Waals surface area contributed by atoms with Gasteiger partial charge in [0.2, 0.25) is 0 Å². The minimum absolute atomic E-state index is 0.611. The van der Waals surface area contributed by atoms with Crippen molar-refractivity contribution in [3.8, 4) is 0 Å². The molecule has 2 rings (SSSR count). The second-order valence-corrected chi connectivity index (χ2v) is 4.46. The largest absolute Gasteiger partial charge is 0.255 e. The van der Waals surface area contributed by atoms with Gasteiger partial charge >= 0.3 is 0 Å². The van der Waals surface area contributed by atoms with Crippen molar-refractivity contribution in [1.29, 1.82) is 0 Å². The summed E-state index contributed by atoms with van der Waals surface area (Å²) < 4.78 is 5.18. The van der Waals surface area contributed by atoms with Gasteiger partial charge in [-0.05, 0) is 31.9 Å². The van der Waals surface area contributed by atoms with Crippen LogP contribution in [-0.4, -0.2) is 24.8 Å². The molecule has 2 aromatic heterocycles. The lowest BCUT2D eigenvalue weighted by Crippen LogP contribution is -2.02. The summed E-state index contributed by atoms with van der Waals surface area (Å²) >= 11 is 6.70. The Labute approximate surface area is 97.4 Å². The maximum absolute atomic E-state index is 4.22. The molecule has 0 spiro atoms. The van der Waals surface area contributed by atoms with Crippen molar-refractivity contribution in [3.05, 3.63) is 27.2 Å². The Morgan fingerprint density at radius 1 is 1.43 bits per heavy atom. The quantitative estimate of drug-likeness (QED) is 0.844. The number of rotatable bonds is 2. The minimum atomic E-state index is 0.611. The van der Waals surface area contributed by atoms with E-state index in [1.165, 1.54) is 0 Å². The summed E-state index contributed by atoms with van der Waals surface area (Å²) in [6.45, 7) is 0.611. The van der Waals surface area contributed by atoms with Crippen molar-refractivity contribution in [2.75, 3.05) is 0 Å². The van der Waals surface area contributed by atoms with Gasteiger partial charge < -0.3 is 0 Å². The fourth-order valence-electron chi connectivity index (χ4n) is 1.10. The molecule has 0 radical (unpaired) electrons. The summed E-state index contributed by atoms with van der Waals surface area (Å²) in [6.07, 6.45) is 1.86. The van der Waals surface area contributed by atoms with E-state index in [9.17, 15) is 0 Å². The van der Waals surface area contributed by atoms with Gasteiger partial charge in [-0.2, -0.15) is 5.10 Å². The zero-order valence-electron chi connectivity index (χ0n) is 7.35. The van der Waals surface area contributed by atoms with Crippen LogP contribution in [0.1, 0.15) is 5.69 Å². The SMILES string of the molecule is Cn1cc(Cn2nc(Br)cc2Br)nn1. The van der Waals surface area contributed by atoms with Crippen LogP contribution in [0.5, 0.6) is 0 Å². The predicted octanol–water partition coefficient (Wildman–Crippen LogP) is 1.58. The molecule has 0 N–H and O–H groups in total. The van der Waals surface area contributed by atoms with Crippen LogP contribution in [0, 0.1) is 0 Å². The normalized spacial score (nSPS) is 10.8. The first-order valence-corrected chi connectivity index (χ1v) is 5.48. The number of hydrogen-bond acceptors (Lipinski definition) is 3. The Morgan fingerprint density at radius 2 is 2.21 bits per heavy atom. The molecule has 74 valence electrons. The van der Waals surface area contributed by atoms with E-state index in [2.05, 4.69) is 47.3 Å². The van der Waals surface area contributed by atoms with E-state index in [0.29, 0.717) is 6.54 Å². The summed E-state index contributed by atoms with van der Waals surface area (Å²) in [5.41, 5.74) is 0.879. The third-order valence-electron chi connectivity index (χ3n) is 1.66. The molecule has 0 aliphatic heterocycles. The molecule has 2 heterocycles. The molecule has 0 saturated carbocycles. The average molecular weight is 321 g/mol. The van der Waals surface area contributed by atoms with Gasteiger partial charge in [-0.1, -0.05) is 5.21 Å². The van der Waals surface area contributed by atoms with Crippen LogP contribution in [-0.2, 0) is 13.6 Å². The van der Waals surface area contributed by atoms with Crippen LogP contribution < -0.4 is 0 Å². The van der Waals surface area contributed by atoms with E-state index in [1.54, 1.807) is 9.36 Å². The Kier molecular flexibility index (Phi) is 2.69. The van der Waals surface area contributed by atoms with Crippen LogP contribution in [0.3, 0.4) is 0 Å². The van der Waals surface area contributed by atoms with Crippen molar-refractivity contribution in [2.45, 2.75) is 6.54 Å². The van der Waals surface area contributed by atoms with Crippen LogP contribution in [0.15, 0.2) is 21.5 Å². The lowest BCUT2D eigenvalue weighted by molar-refractivity contribution is 0.650. The molecule has 0 fully saturated rings. The van der Waals surface area contributed by atoms with E-state index in [0.717, 1.165) is 14.9 Å². The van der Waals surface area contributed by atoms with Crippen LogP contribution in [0.25, 0.3) is 0 Å². The zero-order chi connectivity index (χ0) is 10.1. The first-order valence-electron chi connectivity index (χ1n) is 3.89. The first-order chi connectivity index (χ1) is 6.65. The summed E-state index contributed by atoms with van der Waals surface area (Å²) in [6, 6.07) is 1.89. The average Bonchev–Trinajstić information content (AvgIpc) is 2.61. The first kappa shape index (κ1) is 9.85. The predicted molar refractivity (Wildman–Crippen MR) is 57.7 cm³/mol. The van der Waals surface area contributed by atoms with Crippen molar-refractivity contribution < 1.29 is 0 Å². The van der Waals surface area contributed by atoms with Gasteiger partial charge in [-0.15, -0.1) is 5.10 Å². The van der Waals surface area contributed by atoms with Crippen molar-refractivity contribution in [3.63, 3.8) is 0 Å². The van der Waals surface area contributed by atoms with Gasteiger partial charge in [0.1, 0.15) is 14.9 Å². The molecule has 0 bridgehead atoms. The zero-order valence-corrected chi connectivity index (χ0v) is 10.5. The van der Waals surface area contributed by atoms with Gasteiger partial charge in [0, 0.05) is 19.3 Å². The molecule has 0 unspecified atom stereocenters. The Balaban J connectivity index is 2.22. The van der Waals surface area contributed by atoms with Gasteiger partial charge in [-0.3, -0.25) is 9.36 Å². The maximum atomic E-state index is 4.22. The molecule has 7 heteroatoms. The number of hydrogen-bond donors (Lipinski definition) is 0. The molecule has 0 aromatic carbocycles. The summed E-state index contributed by atoms with van der Waals surface area (Å²) in [7, 11) is 1.84. The van der Waals surface area contributed by atoms with E-state index in [4.69, 9.17) is 0 Å². The van der Waals surface area contributed by atoms with Gasteiger partial charge in [0.05, 0.1) is 6.54 Å². The molecule has 0 amide bonds. The fraction of sp³-hybridized carbons (Fsp3) is 0.286.